The Hall–Kier alpha value is -1.71. The zero-order valence-electron chi connectivity index (χ0n) is 10.0. The van der Waals surface area contributed by atoms with Crippen molar-refractivity contribution in [2.45, 2.75) is 18.6 Å². The maximum absolute atomic E-state index is 8.79. The van der Waals surface area contributed by atoms with E-state index in [1.54, 1.807) is 6.20 Å². The molecule has 0 aromatic carbocycles. The van der Waals surface area contributed by atoms with Gasteiger partial charge in [-0.3, -0.25) is 0 Å². The summed E-state index contributed by atoms with van der Waals surface area (Å²) in [5, 5.41) is 8.79. The number of hydrogen-bond acceptors (Lipinski definition) is 6. The minimum Gasteiger partial charge on any atom is -0.356 e. The second-order valence-electron chi connectivity index (χ2n) is 4.44. The van der Waals surface area contributed by atoms with Crippen molar-refractivity contribution in [1.82, 2.24) is 9.97 Å². The van der Waals surface area contributed by atoms with Crippen LogP contribution in [0, 0.1) is 11.3 Å². The number of rotatable bonds is 1. The van der Waals surface area contributed by atoms with E-state index in [2.05, 4.69) is 14.9 Å². The molecule has 2 fully saturated rings. The molecule has 6 heteroatoms. The summed E-state index contributed by atoms with van der Waals surface area (Å²) in [6, 6.07) is 3.79. The third kappa shape index (κ3) is 2.03. The van der Waals surface area contributed by atoms with E-state index in [4.69, 9.17) is 14.7 Å². The van der Waals surface area contributed by atoms with Crippen LogP contribution in [0.2, 0.25) is 0 Å². The van der Waals surface area contributed by atoms with Gasteiger partial charge in [0.1, 0.15) is 11.9 Å². The van der Waals surface area contributed by atoms with Gasteiger partial charge >= 0.3 is 0 Å². The first-order chi connectivity index (χ1) is 8.81. The third-order valence-electron chi connectivity index (χ3n) is 3.40. The Bertz CT molecular complexity index is 469. The molecule has 94 valence electrons. The number of nitriles is 1. The average Bonchev–Trinajstić information content (AvgIpc) is 2.88. The van der Waals surface area contributed by atoms with Crippen LogP contribution in [0.3, 0.4) is 0 Å². The van der Waals surface area contributed by atoms with Crippen LogP contribution < -0.4 is 4.90 Å². The number of piperidine rings is 1. The van der Waals surface area contributed by atoms with Gasteiger partial charge in [0.2, 0.25) is 5.82 Å². The summed E-state index contributed by atoms with van der Waals surface area (Å²) in [5.41, 5.74) is 0. The van der Waals surface area contributed by atoms with Crippen LogP contribution in [-0.4, -0.2) is 42.1 Å². The Morgan fingerprint density at radius 1 is 1.28 bits per heavy atom. The van der Waals surface area contributed by atoms with E-state index < -0.39 is 0 Å². The van der Waals surface area contributed by atoms with Gasteiger partial charge in [-0.1, -0.05) is 0 Å². The number of hydrogen-bond donors (Lipinski definition) is 0. The SMILES string of the molecule is N#Cc1nccc(N2CCC3(CC2)OCCO3)n1. The number of anilines is 1. The molecule has 18 heavy (non-hydrogen) atoms. The summed E-state index contributed by atoms with van der Waals surface area (Å²) < 4.78 is 11.4. The maximum Gasteiger partial charge on any atom is 0.234 e. The average molecular weight is 246 g/mol. The van der Waals surface area contributed by atoms with Crippen LogP contribution in [0.25, 0.3) is 0 Å². The quantitative estimate of drug-likeness (QED) is 0.726. The summed E-state index contributed by atoms with van der Waals surface area (Å²) in [6.07, 6.45) is 3.28. The van der Waals surface area contributed by atoms with Gasteiger partial charge in [-0.25, -0.2) is 9.97 Å². The van der Waals surface area contributed by atoms with Crippen molar-refractivity contribution in [3.8, 4) is 6.07 Å². The van der Waals surface area contributed by atoms with Gasteiger partial charge in [-0.05, 0) is 6.07 Å². The number of aromatic nitrogens is 2. The molecule has 0 unspecified atom stereocenters. The first-order valence-electron chi connectivity index (χ1n) is 6.07. The zero-order valence-corrected chi connectivity index (χ0v) is 10.0. The van der Waals surface area contributed by atoms with Crippen LogP contribution in [0.4, 0.5) is 5.82 Å². The predicted octanol–water partition coefficient (Wildman–Crippen LogP) is 0.692. The normalized spacial score (nSPS) is 22.1. The Morgan fingerprint density at radius 3 is 2.67 bits per heavy atom. The minimum absolute atomic E-state index is 0.209. The fourth-order valence-corrected chi connectivity index (χ4v) is 2.44. The zero-order chi connectivity index (χ0) is 12.4. The minimum atomic E-state index is -0.373. The number of ether oxygens (including phenoxy) is 2. The van der Waals surface area contributed by atoms with E-state index in [0.717, 1.165) is 31.7 Å². The molecule has 0 amide bonds. The molecule has 2 aliphatic rings. The Balaban J connectivity index is 1.70. The van der Waals surface area contributed by atoms with Crippen LogP contribution in [-0.2, 0) is 9.47 Å². The number of nitrogens with zero attached hydrogens (tertiary/aromatic N) is 4. The van der Waals surface area contributed by atoms with Gasteiger partial charge in [0.05, 0.1) is 13.2 Å². The highest BCUT2D eigenvalue weighted by atomic mass is 16.7. The molecule has 1 aromatic heterocycles. The molecule has 6 nitrogen and oxygen atoms in total. The lowest BCUT2D eigenvalue weighted by molar-refractivity contribution is -0.169. The van der Waals surface area contributed by atoms with Crippen molar-refractivity contribution < 1.29 is 9.47 Å². The molecular weight excluding hydrogens is 232 g/mol. The lowest BCUT2D eigenvalue weighted by Gasteiger charge is -2.38. The van der Waals surface area contributed by atoms with Gasteiger partial charge in [0, 0.05) is 32.1 Å². The maximum atomic E-state index is 8.79. The van der Waals surface area contributed by atoms with Crippen molar-refractivity contribution in [2.24, 2.45) is 0 Å². The van der Waals surface area contributed by atoms with E-state index in [1.807, 2.05) is 12.1 Å². The summed E-state index contributed by atoms with van der Waals surface area (Å²) in [6.45, 7) is 3.02. The predicted molar refractivity (Wildman–Crippen MR) is 62.8 cm³/mol. The van der Waals surface area contributed by atoms with E-state index in [0.29, 0.717) is 13.2 Å². The van der Waals surface area contributed by atoms with E-state index in [-0.39, 0.29) is 11.6 Å². The molecule has 2 aliphatic heterocycles. The van der Waals surface area contributed by atoms with Gasteiger partial charge in [0.15, 0.2) is 5.79 Å². The second-order valence-corrected chi connectivity index (χ2v) is 4.44. The molecule has 0 radical (unpaired) electrons. The van der Waals surface area contributed by atoms with Gasteiger partial charge < -0.3 is 14.4 Å². The Kier molecular flexibility index (Phi) is 2.86. The van der Waals surface area contributed by atoms with Crippen LogP contribution in [0.1, 0.15) is 18.7 Å². The summed E-state index contributed by atoms with van der Waals surface area (Å²) in [4.78, 5) is 10.2. The molecule has 0 saturated carbocycles. The molecule has 0 atom stereocenters. The third-order valence-corrected chi connectivity index (χ3v) is 3.40. The highest BCUT2D eigenvalue weighted by Gasteiger charge is 2.40. The van der Waals surface area contributed by atoms with Gasteiger partial charge in [-0.15, -0.1) is 0 Å². The molecule has 2 saturated heterocycles. The van der Waals surface area contributed by atoms with Crippen molar-refractivity contribution in [3.63, 3.8) is 0 Å². The fourth-order valence-electron chi connectivity index (χ4n) is 2.44. The highest BCUT2D eigenvalue weighted by molar-refractivity contribution is 5.39. The molecule has 1 spiro atoms. The molecule has 0 bridgehead atoms. The van der Waals surface area contributed by atoms with E-state index >= 15 is 0 Å². The topological polar surface area (TPSA) is 71.3 Å². The molecular formula is C12H14N4O2. The first-order valence-corrected chi connectivity index (χ1v) is 6.07. The Labute approximate surface area is 105 Å². The smallest absolute Gasteiger partial charge is 0.234 e. The van der Waals surface area contributed by atoms with Crippen molar-refractivity contribution in [2.75, 3.05) is 31.2 Å². The largest absolute Gasteiger partial charge is 0.356 e. The highest BCUT2D eigenvalue weighted by Crippen LogP contribution is 2.32. The second kappa shape index (κ2) is 4.52. The molecule has 0 N–H and O–H groups in total. The van der Waals surface area contributed by atoms with Crippen molar-refractivity contribution in [1.29, 1.82) is 5.26 Å². The van der Waals surface area contributed by atoms with Crippen molar-refractivity contribution in [3.05, 3.63) is 18.1 Å². The summed E-state index contributed by atoms with van der Waals surface area (Å²) in [5.74, 6) is 0.636. The Morgan fingerprint density at radius 2 is 2.00 bits per heavy atom. The molecule has 3 heterocycles. The summed E-state index contributed by atoms with van der Waals surface area (Å²) >= 11 is 0. The molecule has 0 aliphatic carbocycles. The first kappa shape index (κ1) is 11.4. The monoisotopic (exact) mass is 246 g/mol. The van der Waals surface area contributed by atoms with Crippen molar-refractivity contribution >= 4 is 5.82 Å². The van der Waals surface area contributed by atoms with Gasteiger partial charge in [0.25, 0.3) is 0 Å². The van der Waals surface area contributed by atoms with Crippen LogP contribution in [0.5, 0.6) is 0 Å². The lowest BCUT2D eigenvalue weighted by Crippen LogP contribution is -2.45. The fraction of sp³-hybridized carbons (Fsp3) is 0.583. The molecule has 3 rings (SSSR count). The van der Waals surface area contributed by atoms with E-state index in [9.17, 15) is 0 Å². The van der Waals surface area contributed by atoms with Crippen LogP contribution >= 0.6 is 0 Å². The van der Waals surface area contributed by atoms with E-state index in [1.165, 1.54) is 0 Å². The summed E-state index contributed by atoms with van der Waals surface area (Å²) in [7, 11) is 0. The standard InChI is InChI=1S/C12H14N4O2/c13-9-10-14-4-1-11(15-10)16-5-2-12(3-6-16)17-7-8-18-12/h1,4H,2-3,5-8H2. The lowest BCUT2D eigenvalue weighted by atomic mass is 10.0. The molecule has 1 aromatic rings. The van der Waals surface area contributed by atoms with Gasteiger partial charge in [-0.2, -0.15) is 5.26 Å². The van der Waals surface area contributed by atoms with Crippen LogP contribution in [0.15, 0.2) is 12.3 Å².